The van der Waals surface area contributed by atoms with E-state index in [1.54, 1.807) is 12.1 Å². The summed E-state index contributed by atoms with van der Waals surface area (Å²) in [6, 6.07) is 5.27. The van der Waals surface area contributed by atoms with E-state index in [1.807, 2.05) is 24.8 Å². The minimum Gasteiger partial charge on any atom is -0.465 e. The van der Waals surface area contributed by atoms with Crippen LogP contribution >= 0.6 is 0 Å². The van der Waals surface area contributed by atoms with Crippen molar-refractivity contribution in [3.8, 4) is 0 Å². The van der Waals surface area contributed by atoms with Gasteiger partial charge in [0.15, 0.2) is 0 Å². The lowest BCUT2D eigenvalue weighted by Crippen LogP contribution is -2.37. The van der Waals surface area contributed by atoms with Crippen LogP contribution < -0.4 is 11.1 Å². The number of carbonyl (C=O) groups is 2. The molecule has 6 nitrogen and oxygen atoms in total. The van der Waals surface area contributed by atoms with Gasteiger partial charge < -0.3 is 15.8 Å². The number of methoxy groups -OCH3 is 1. The normalized spacial score (nSPS) is 10.5. The van der Waals surface area contributed by atoms with Crippen LogP contribution in [0, 0.1) is 0 Å². The summed E-state index contributed by atoms with van der Waals surface area (Å²) in [7, 11) is 1.32. The van der Waals surface area contributed by atoms with E-state index in [9.17, 15) is 9.59 Å². The fourth-order valence-electron chi connectivity index (χ4n) is 2.08. The number of nitrogens with two attached hydrogens (primary N) is 1. The Morgan fingerprint density at radius 1 is 1.33 bits per heavy atom. The summed E-state index contributed by atoms with van der Waals surface area (Å²) in [5.74, 6) is -0.500. The van der Waals surface area contributed by atoms with E-state index in [2.05, 4.69) is 5.32 Å². The smallest absolute Gasteiger partial charge is 0.340 e. The van der Waals surface area contributed by atoms with E-state index in [0.29, 0.717) is 30.9 Å². The maximum absolute atomic E-state index is 11.8. The molecular formula is C15H23N3O3. The first-order chi connectivity index (χ1) is 10.0. The van der Waals surface area contributed by atoms with Crippen LogP contribution in [-0.4, -0.2) is 43.5 Å². The number of hydrogen-bond donors (Lipinski definition) is 2. The number of nitrogen functional groups attached to an aromatic ring is 1. The van der Waals surface area contributed by atoms with E-state index in [0.717, 1.165) is 5.56 Å². The minimum absolute atomic E-state index is 0.0390. The second-order valence-corrected chi connectivity index (χ2v) is 4.63. The van der Waals surface area contributed by atoms with Gasteiger partial charge in [0.05, 0.1) is 19.2 Å². The van der Waals surface area contributed by atoms with Gasteiger partial charge in [0, 0.05) is 18.8 Å². The van der Waals surface area contributed by atoms with Gasteiger partial charge in [-0.15, -0.1) is 0 Å². The lowest BCUT2D eigenvalue weighted by Gasteiger charge is -2.21. The SMILES string of the molecule is CCNC(=O)CN(CC)Cc1cccc(N)c1C(=O)OC. The fourth-order valence-corrected chi connectivity index (χ4v) is 2.08. The molecule has 1 rings (SSSR count). The molecule has 0 aliphatic carbocycles. The number of rotatable bonds is 7. The molecule has 21 heavy (non-hydrogen) atoms. The van der Waals surface area contributed by atoms with Gasteiger partial charge in [-0.3, -0.25) is 9.69 Å². The Kier molecular flexibility index (Phi) is 6.68. The topological polar surface area (TPSA) is 84.7 Å². The van der Waals surface area contributed by atoms with Gasteiger partial charge in [0.25, 0.3) is 0 Å². The molecule has 0 aliphatic heterocycles. The first kappa shape index (κ1) is 17.0. The molecule has 0 fully saturated rings. The highest BCUT2D eigenvalue weighted by Gasteiger charge is 2.18. The van der Waals surface area contributed by atoms with E-state index in [4.69, 9.17) is 10.5 Å². The van der Waals surface area contributed by atoms with Crippen LogP contribution in [0.15, 0.2) is 18.2 Å². The molecule has 0 bridgehead atoms. The maximum atomic E-state index is 11.8. The molecule has 0 atom stereocenters. The molecular weight excluding hydrogens is 270 g/mol. The van der Waals surface area contributed by atoms with Gasteiger partial charge in [0.1, 0.15) is 0 Å². The zero-order valence-electron chi connectivity index (χ0n) is 12.8. The minimum atomic E-state index is -0.461. The predicted octanol–water partition coefficient (Wildman–Crippen LogP) is 1.01. The van der Waals surface area contributed by atoms with Gasteiger partial charge >= 0.3 is 5.97 Å². The third kappa shape index (κ3) is 4.75. The van der Waals surface area contributed by atoms with Gasteiger partial charge in [0.2, 0.25) is 5.91 Å². The fraction of sp³-hybridized carbons (Fsp3) is 0.467. The zero-order chi connectivity index (χ0) is 15.8. The number of esters is 1. The molecule has 116 valence electrons. The average Bonchev–Trinajstić information content (AvgIpc) is 2.46. The molecule has 6 heteroatoms. The third-order valence-corrected chi connectivity index (χ3v) is 3.15. The summed E-state index contributed by atoms with van der Waals surface area (Å²) in [6.45, 7) is 5.86. The molecule has 0 heterocycles. The van der Waals surface area contributed by atoms with Crippen molar-refractivity contribution in [2.24, 2.45) is 0 Å². The molecule has 1 aromatic rings. The summed E-state index contributed by atoms with van der Waals surface area (Å²) in [4.78, 5) is 25.5. The molecule has 0 unspecified atom stereocenters. The summed E-state index contributed by atoms with van der Waals surface area (Å²) in [5.41, 5.74) is 7.38. The van der Waals surface area contributed by atoms with Crippen LogP contribution in [0.25, 0.3) is 0 Å². The number of nitrogens with zero attached hydrogens (tertiary/aromatic N) is 1. The van der Waals surface area contributed by atoms with Crippen molar-refractivity contribution in [1.82, 2.24) is 10.2 Å². The Balaban J connectivity index is 2.92. The third-order valence-electron chi connectivity index (χ3n) is 3.15. The van der Waals surface area contributed by atoms with E-state index < -0.39 is 5.97 Å². The van der Waals surface area contributed by atoms with E-state index in [-0.39, 0.29) is 12.5 Å². The molecule has 0 saturated carbocycles. The maximum Gasteiger partial charge on any atom is 0.340 e. The average molecular weight is 293 g/mol. The quantitative estimate of drug-likeness (QED) is 0.579. The molecule has 0 aromatic heterocycles. The number of amides is 1. The van der Waals surface area contributed by atoms with Crippen LogP contribution in [0.4, 0.5) is 5.69 Å². The number of likely N-dealkylation sites (N-methyl/N-ethyl adjacent to an activating group) is 2. The molecule has 1 aromatic carbocycles. The van der Waals surface area contributed by atoms with Crippen LogP contribution in [0.1, 0.15) is 29.8 Å². The summed E-state index contributed by atoms with van der Waals surface area (Å²) in [6.07, 6.45) is 0. The molecule has 1 amide bonds. The van der Waals surface area contributed by atoms with Crippen molar-refractivity contribution in [2.45, 2.75) is 20.4 Å². The Morgan fingerprint density at radius 2 is 2.05 bits per heavy atom. The first-order valence-corrected chi connectivity index (χ1v) is 6.98. The molecule has 0 saturated heterocycles. The van der Waals surface area contributed by atoms with Gasteiger partial charge in [-0.25, -0.2) is 4.79 Å². The van der Waals surface area contributed by atoms with E-state index >= 15 is 0 Å². The van der Waals surface area contributed by atoms with Crippen molar-refractivity contribution >= 4 is 17.6 Å². The Labute approximate surface area is 125 Å². The van der Waals surface area contributed by atoms with Gasteiger partial charge in [-0.2, -0.15) is 0 Å². The Morgan fingerprint density at radius 3 is 2.62 bits per heavy atom. The lowest BCUT2D eigenvalue weighted by atomic mass is 10.0. The number of benzene rings is 1. The number of carbonyl (C=O) groups excluding carboxylic acids is 2. The molecule has 0 spiro atoms. The number of anilines is 1. The standard InChI is InChI=1S/C15H23N3O3/c1-4-17-13(19)10-18(5-2)9-11-7-6-8-12(16)14(11)15(20)21-3/h6-8H,4-5,9-10,16H2,1-3H3,(H,17,19). The zero-order valence-corrected chi connectivity index (χ0v) is 12.8. The highest BCUT2D eigenvalue weighted by Crippen LogP contribution is 2.19. The summed E-state index contributed by atoms with van der Waals surface area (Å²) >= 11 is 0. The van der Waals surface area contributed by atoms with Crippen LogP contribution in [0.5, 0.6) is 0 Å². The van der Waals surface area contributed by atoms with Crippen molar-refractivity contribution in [3.63, 3.8) is 0 Å². The number of hydrogen-bond acceptors (Lipinski definition) is 5. The first-order valence-electron chi connectivity index (χ1n) is 6.98. The Bertz CT molecular complexity index is 503. The Hall–Kier alpha value is -2.08. The van der Waals surface area contributed by atoms with Gasteiger partial charge in [-0.1, -0.05) is 19.1 Å². The highest BCUT2D eigenvalue weighted by atomic mass is 16.5. The van der Waals surface area contributed by atoms with Crippen LogP contribution in [0.3, 0.4) is 0 Å². The van der Waals surface area contributed by atoms with E-state index in [1.165, 1.54) is 7.11 Å². The van der Waals surface area contributed by atoms with Crippen LogP contribution in [-0.2, 0) is 16.1 Å². The number of nitrogens with one attached hydrogen (secondary N) is 1. The largest absolute Gasteiger partial charge is 0.465 e. The predicted molar refractivity (Wildman–Crippen MR) is 81.8 cm³/mol. The monoisotopic (exact) mass is 293 g/mol. The second-order valence-electron chi connectivity index (χ2n) is 4.63. The molecule has 0 aliphatic rings. The second kappa shape index (κ2) is 8.26. The van der Waals surface area contributed by atoms with Crippen molar-refractivity contribution < 1.29 is 14.3 Å². The number of ether oxygens (including phenoxy) is 1. The summed E-state index contributed by atoms with van der Waals surface area (Å²) in [5, 5.41) is 2.76. The molecule has 0 radical (unpaired) electrons. The van der Waals surface area contributed by atoms with Crippen LogP contribution in [0.2, 0.25) is 0 Å². The molecule has 3 N–H and O–H groups in total. The van der Waals surface area contributed by atoms with Crippen molar-refractivity contribution in [1.29, 1.82) is 0 Å². The summed E-state index contributed by atoms with van der Waals surface area (Å²) < 4.78 is 4.78. The van der Waals surface area contributed by atoms with Gasteiger partial charge in [-0.05, 0) is 25.1 Å². The highest BCUT2D eigenvalue weighted by molar-refractivity contribution is 5.96. The van der Waals surface area contributed by atoms with Crippen molar-refractivity contribution in [3.05, 3.63) is 29.3 Å². The lowest BCUT2D eigenvalue weighted by molar-refractivity contribution is -0.122. The van der Waals surface area contributed by atoms with Crippen molar-refractivity contribution in [2.75, 3.05) is 32.5 Å².